The fraction of sp³-hybridized carbons (Fsp3) is 0.462. The van der Waals surface area contributed by atoms with Crippen molar-refractivity contribution in [2.75, 3.05) is 20.8 Å². The van der Waals surface area contributed by atoms with Crippen LogP contribution in [-0.2, 0) is 22.4 Å². The van der Waals surface area contributed by atoms with Gasteiger partial charge in [-0.3, -0.25) is 0 Å². The molecule has 1 atom stereocenters. The molecule has 0 radical (unpaired) electrons. The second-order valence-corrected chi connectivity index (χ2v) is 4.30. The third kappa shape index (κ3) is 2.56. The van der Waals surface area contributed by atoms with Crippen molar-refractivity contribution in [1.29, 1.82) is 0 Å². The lowest BCUT2D eigenvalue weighted by Crippen LogP contribution is -2.19. The Balaban J connectivity index is 2.19. The van der Waals surface area contributed by atoms with E-state index in [2.05, 4.69) is 4.74 Å². The average molecular weight is 251 g/mol. The van der Waals surface area contributed by atoms with Crippen molar-refractivity contribution < 1.29 is 19.0 Å². The van der Waals surface area contributed by atoms with Gasteiger partial charge >= 0.3 is 5.97 Å². The lowest BCUT2D eigenvalue weighted by atomic mass is 10.1. The van der Waals surface area contributed by atoms with E-state index < -0.39 is 5.97 Å². The molecule has 2 N–H and O–H groups in total. The lowest BCUT2D eigenvalue weighted by molar-refractivity contribution is -0.142. The van der Waals surface area contributed by atoms with Crippen molar-refractivity contribution in [2.45, 2.75) is 18.9 Å². The van der Waals surface area contributed by atoms with Crippen LogP contribution in [-0.4, -0.2) is 32.8 Å². The van der Waals surface area contributed by atoms with Crippen molar-refractivity contribution in [1.82, 2.24) is 0 Å². The van der Waals surface area contributed by atoms with Gasteiger partial charge in [0.15, 0.2) is 18.1 Å². The SMILES string of the molecule is COC(=O)COc1cc2c(cc1OC)CC(N)C2. The molecule has 1 aromatic carbocycles. The van der Waals surface area contributed by atoms with Crippen LogP contribution in [0.25, 0.3) is 0 Å². The first-order chi connectivity index (χ1) is 8.63. The Morgan fingerprint density at radius 2 is 1.89 bits per heavy atom. The second-order valence-electron chi connectivity index (χ2n) is 4.30. The van der Waals surface area contributed by atoms with Gasteiger partial charge in [0.2, 0.25) is 0 Å². The van der Waals surface area contributed by atoms with Gasteiger partial charge in [0.1, 0.15) is 0 Å². The van der Waals surface area contributed by atoms with E-state index in [-0.39, 0.29) is 12.6 Å². The molecule has 0 fully saturated rings. The summed E-state index contributed by atoms with van der Waals surface area (Å²) in [6.45, 7) is -0.127. The molecule has 5 nitrogen and oxygen atoms in total. The minimum absolute atomic E-state index is 0.127. The summed E-state index contributed by atoms with van der Waals surface area (Å²) in [4.78, 5) is 11.1. The predicted molar refractivity (Wildman–Crippen MR) is 65.9 cm³/mol. The quantitative estimate of drug-likeness (QED) is 0.796. The van der Waals surface area contributed by atoms with Gasteiger partial charge in [-0.1, -0.05) is 0 Å². The number of nitrogens with two attached hydrogens (primary N) is 1. The first-order valence-electron chi connectivity index (χ1n) is 5.79. The summed E-state index contributed by atoms with van der Waals surface area (Å²) >= 11 is 0. The van der Waals surface area contributed by atoms with Gasteiger partial charge in [0, 0.05) is 6.04 Å². The third-order valence-electron chi connectivity index (χ3n) is 3.02. The normalized spacial score (nSPS) is 17.2. The van der Waals surface area contributed by atoms with Gasteiger partial charge in [-0.25, -0.2) is 4.79 Å². The summed E-state index contributed by atoms with van der Waals surface area (Å²) in [7, 11) is 2.90. The van der Waals surface area contributed by atoms with Gasteiger partial charge in [-0.05, 0) is 36.1 Å². The number of carbonyl (C=O) groups excluding carboxylic acids is 1. The van der Waals surface area contributed by atoms with Crippen LogP contribution in [0.2, 0.25) is 0 Å². The Bertz CT molecular complexity index is 459. The molecule has 0 amide bonds. The van der Waals surface area contributed by atoms with E-state index in [1.165, 1.54) is 12.7 Å². The molecule has 0 aliphatic heterocycles. The van der Waals surface area contributed by atoms with E-state index >= 15 is 0 Å². The summed E-state index contributed by atoms with van der Waals surface area (Å²) in [5.41, 5.74) is 8.26. The van der Waals surface area contributed by atoms with Crippen molar-refractivity contribution in [3.63, 3.8) is 0 Å². The first-order valence-corrected chi connectivity index (χ1v) is 5.79. The predicted octanol–water partition coefficient (Wildman–Crippen LogP) is 0.673. The molecule has 18 heavy (non-hydrogen) atoms. The molecule has 0 saturated carbocycles. The molecule has 0 aromatic heterocycles. The third-order valence-corrected chi connectivity index (χ3v) is 3.02. The Hall–Kier alpha value is -1.75. The molecule has 0 heterocycles. The number of hydrogen-bond acceptors (Lipinski definition) is 5. The Kier molecular flexibility index (Phi) is 3.72. The zero-order chi connectivity index (χ0) is 13.1. The van der Waals surface area contributed by atoms with Crippen molar-refractivity contribution in [3.05, 3.63) is 23.3 Å². The van der Waals surface area contributed by atoms with E-state index in [0.717, 1.165) is 18.4 Å². The highest BCUT2D eigenvalue weighted by atomic mass is 16.6. The van der Waals surface area contributed by atoms with Crippen LogP contribution in [0.5, 0.6) is 11.5 Å². The van der Waals surface area contributed by atoms with Crippen molar-refractivity contribution in [2.24, 2.45) is 5.73 Å². The van der Waals surface area contributed by atoms with E-state index in [4.69, 9.17) is 15.2 Å². The van der Waals surface area contributed by atoms with Crippen molar-refractivity contribution >= 4 is 5.97 Å². The molecule has 98 valence electrons. The minimum atomic E-state index is -0.422. The Morgan fingerprint density at radius 1 is 1.28 bits per heavy atom. The molecule has 0 saturated heterocycles. The van der Waals surface area contributed by atoms with Gasteiger partial charge in [0.25, 0.3) is 0 Å². The smallest absolute Gasteiger partial charge is 0.343 e. The highest BCUT2D eigenvalue weighted by Crippen LogP contribution is 2.34. The number of methoxy groups -OCH3 is 2. The summed E-state index contributed by atoms with van der Waals surface area (Å²) in [6, 6.07) is 3.97. The number of ether oxygens (including phenoxy) is 3. The standard InChI is InChI=1S/C13H17NO4/c1-16-11-5-8-3-10(14)4-9(8)6-12(11)18-7-13(15)17-2/h5-6,10H,3-4,7,14H2,1-2H3. The van der Waals surface area contributed by atoms with E-state index in [1.54, 1.807) is 7.11 Å². The maximum atomic E-state index is 11.1. The minimum Gasteiger partial charge on any atom is -0.493 e. The number of benzene rings is 1. The molecule has 0 spiro atoms. The highest BCUT2D eigenvalue weighted by molar-refractivity contribution is 5.71. The fourth-order valence-corrected chi connectivity index (χ4v) is 2.13. The maximum Gasteiger partial charge on any atom is 0.343 e. The molecular formula is C13H17NO4. The van der Waals surface area contributed by atoms with Crippen LogP contribution in [0.1, 0.15) is 11.1 Å². The second kappa shape index (κ2) is 5.27. The molecule has 5 heteroatoms. The van der Waals surface area contributed by atoms with Crippen LogP contribution in [0.4, 0.5) is 0 Å². The molecule has 1 aliphatic carbocycles. The summed E-state index contributed by atoms with van der Waals surface area (Å²) in [5.74, 6) is 0.747. The van der Waals surface area contributed by atoms with Gasteiger partial charge in [-0.15, -0.1) is 0 Å². The van der Waals surface area contributed by atoms with Crippen LogP contribution < -0.4 is 15.2 Å². The lowest BCUT2D eigenvalue weighted by Gasteiger charge is -2.12. The summed E-state index contributed by atoms with van der Waals surface area (Å²) in [6.07, 6.45) is 1.68. The average Bonchev–Trinajstić information content (AvgIpc) is 2.73. The first kappa shape index (κ1) is 12.7. The molecular weight excluding hydrogens is 234 g/mol. The molecule has 1 unspecified atom stereocenters. The number of fused-ring (bicyclic) bond motifs is 1. The molecule has 1 aromatic rings. The van der Waals surface area contributed by atoms with Crippen molar-refractivity contribution in [3.8, 4) is 11.5 Å². The van der Waals surface area contributed by atoms with Gasteiger partial charge in [0.05, 0.1) is 14.2 Å². The Morgan fingerprint density at radius 3 is 2.44 bits per heavy atom. The monoisotopic (exact) mass is 251 g/mol. The van der Waals surface area contributed by atoms with Gasteiger partial charge in [-0.2, -0.15) is 0 Å². The Labute approximate surface area is 106 Å². The zero-order valence-electron chi connectivity index (χ0n) is 10.6. The summed E-state index contributed by atoms with van der Waals surface area (Å²) in [5, 5.41) is 0. The van der Waals surface area contributed by atoms with Crippen LogP contribution >= 0.6 is 0 Å². The van der Waals surface area contributed by atoms with Crippen LogP contribution in [0.3, 0.4) is 0 Å². The van der Waals surface area contributed by atoms with Crippen LogP contribution in [0.15, 0.2) is 12.1 Å². The molecule has 2 rings (SSSR count). The summed E-state index contributed by atoms with van der Waals surface area (Å²) < 4.78 is 15.2. The number of esters is 1. The number of hydrogen-bond donors (Lipinski definition) is 1. The van der Waals surface area contributed by atoms with Gasteiger partial charge < -0.3 is 19.9 Å². The number of carbonyl (C=O) groups is 1. The van der Waals surface area contributed by atoms with E-state index in [1.807, 2.05) is 12.1 Å². The highest BCUT2D eigenvalue weighted by Gasteiger charge is 2.21. The van der Waals surface area contributed by atoms with E-state index in [9.17, 15) is 4.79 Å². The fourth-order valence-electron chi connectivity index (χ4n) is 2.13. The van der Waals surface area contributed by atoms with Crippen LogP contribution in [0, 0.1) is 0 Å². The zero-order valence-corrected chi connectivity index (χ0v) is 10.6. The number of rotatable bonds is 4. The largest absolute Gasteiger partial charge is 0.493 e. The van der Waals surface area contributed by atoms with E-state index in [0.29, 0.717) is 11.5 Å². The molecule has 1 aliphatic rings. The molecule has 0 bridgehead atoms. The maximum absolute atomic E-state index is 11.1. The topological polar surface area (TPSA) is 70.8 Å².